The largest absolute Gasteiger partial charge is 0.291 e. The molecular weight excluding hydrogens is 202 g/mol. The van der Waals surface area contributed by atoms with E-state index in [-0.39, 0.29) is 5.75 Å². The Bertz CT molecular complexity index is 526. The Morgan fingerprint density at radius 3 is 2.93 bits per heavy atom. The average Bonchev–Trinajstić information content (AvgIpc) is 2.42. The van der Waals surface area contributed by atoms with Crippen molar-refractivity contribution in [2.75, 3.05) is 6.26 Å². The molecule has 0 bridgehead atoms. The quantitative estimate of drug-likeness (QED) is 0.715. The lowest BCUT2D eigenvalue weighted by Crippen LogP contribution is -2.00. The predicted octanol–water partition coefficient (Wildman–Crippen LogP) is 0.274. The second kappa shape index (κ2) is 3.06. The van der Waals surface area contributed by atoms with Crippen molar-refractivity contribution in [1.82, 2.24) is 14.4 Å². The summed E-state index contributed by atoms with van der Waals surface area (Å²) >= 11 is 0. The number of sulfone groups is 1. The number of hydrogen-bond acceptors (Lipinski definition) is 4. The van der Waals surface area contributed by atoms with E-state index in [9.17, 15) is 8.42 Å². The summed E-state index contributed by atoms with van der Waals surface area (Å²) in [7, 11) is -3.03. The molecule has 0 fully saturated rings. The van der Waals surface area contributed by atoms with Crippen LogP contribution < -0.4 is 0 Å². The number of hydrogen-bond donors (Lipinski definition) is 0. The first kappa shape index (κ1) is 9.14. The predicted molar refractivity (Wildman–Crippen MR) is 51.5 cm³/mol. The van der Waals surface area contributed by atoms with Crippen LogP contribution in [0.3, 0.4) is 0 Å². The maximum Gasteiger partial charge on any atom is 0.233 e. The van der Waals surface area contributed by atoms with Crippen LogP contribution in [0.5, 0.6) is 0 Å². The van der Waals surface area contributed by atoms with Gasteiger partial charge in [-0.3, -0.25) is 4.40 Å². The molecule has 0 unspecified atom stereocenters. The standard InChI is InChI=1S/C8H9N3O2S/c1-14(12,13)6-7-5-11-4-2-3-9-8(11)10-7/h2-5H,6H2,1H3. The second-order valence-electron chi connectivity index (χ2n) is 3.13. The molecule has 2 aromatic heterocycles. The van der Waals surface area contributed by atoms with Gasteiger partial charge in [-0.2, -0.15) is 0 Å². The number of rotatable bonds is 2. The van der Waals surface area contributed by atoms with Gasteiger partial charge in [-0.05, 0) is 6.07 Å². The Kier molecular flexibility index (Phi) is 1.99. The normalized spacial score (nSPS) is 12.1. The van der Waals surface area contributed by atoms with Gasteiger partial charge < -0.3 is 0 Å². The molecule has 0 aliphatic heterocycles. The van der Waals surface area contributed by atoms with E-state index in [4.69, 9.17) is 0 Å². The molecule has 2 rings (SSSR count). The van der Waals surface area contributed by atoms with Gasteiger partial charge in [0, 0.05) is 24.8 Å². The molecule has 0 aromatic carbocycles. The van der Waals surface area contributed by atoms with Gasteiger partial charge in [-0.1, -0.05) is 0 Å². The monoisotopic (exact) mass is 211 g/mol. The third kappa shape index (κ3) is 1.90. The number of aromatic nitrogens is 3. The van der Waals surface area contributed by atoms with E-state index in [0.29, 0.717) is 11.5 Å². The van der Waals surface area contributed by atoms with Gasteiger partial charge >= 0.3 is 0 Å². The first-order valence-electron chi connectivity index (χ1n) is 4.01. The molecule has 14 heavy (non-hydrogen) atoms. The Labute approximate surface area is 81.3 Å². The van der Waals surface area contributed by atoms with Crippen LogP contribution in [0.4, 0.5) is 0 Å². The summed E-state index contributed by atoms with van der Waals surface area (Å²) in [5.41, 5.74) is 0.520. The topological polar surface area (TPSA) is 64.3 Å². The van der Waals surface area contributed by atoms with E-state index in [1.165, 1.54) is 6.26 Å². The van der Waals surface area contributed by atoms with Crippen LogP contribution in [0, 0.1) is 0 Å². The molecule has 0 radical (unpaired) electrons. The summed E-state index contributed by atoms with van der Waals surface area (Å²) in [5.74, 6) is 0.474. The average molecular weight is 211 g/mol. The molecule has 0 saturated carbocycles. The third-order valence-electron chi connectivity index (χ3n) is 1.70. The van der Waals surface area contributed by atoms with Crippen molar-refractivity contribution in [2.45, 2.75) is 5.75 Å². The Hall–Kier alpha value is -1.43. The van der Waals surface area contributed by atoms with Crippen molar-refractivity contribution in [2.24, 2.45) is 0 Å². The zero-order chi connectivity index (χ0) is 10.2. The van der Waals surface area contributed by atoms with Gasteiger partial charge in [0.2, 0.25) is 5.78 Å². The highest BCUT2D eigenvalue weighted by molar-refractivity contribution is 7.89. The van der Waals surface area contributed by atoms with E-state index in [1.54, 1.807) is 29.1 Å². The van der Waals surface area contributed by atoms with Crippen LogP contribution in [-0.4, -0.2) is 29.0 Å². The van der Waals surface area contributed by atoms with Gasteiger partial charge in [0.1, 0.15) is 0 Å². The maximum absolute atomic E-state index is 11.0. The van der Waals surface area contributed by atoms with E-state index < -0.39 is 9.84 Å². The molecule has 0 aliphatic carbocycles. The number of fused-ring (bicyclic) bond motifs is 1. The molecule has 2 heterocycles. The minimum atomic E-state index is -3.03. The molecule has 5 nitrogen and oxygen atoms in total. The van der Waals surface area contributed by atoms with Gasteiger partial charge in [-0.15, -0.1) is 0 Å². The molecule has 2 aromatic rings. The van der Waals surface area contributed by atoms with Crippen LogP contribution in [0.25, 0.3) is 5.78 Å². The second-order valence-corrected chi connectivity index (χ2v) is 5.27. The smallest absolute Gasteiger partial charge is 0.233 e. The van der Waals surface area contributed by atoms with Gasteiger partial charge in [0.25, 0.3) is 0 Å². The maximum atomic E-state index is 11.0. The zero-order valence-electron chi connectivity index (χ0n) is 7.58. The van der Waals surface area contributed by atoms with Crippen molar-refractivity contribution in [3.05, 3.63) is 30.4 Å². The summed E-state index contributed by atoms with van der Waals surface area (Å²) in [6.45, 7) is 0. The van der Waals surface area contributed by atoms with E-state index in [2.05, 4.69) is 9.97 Å². The summed E-state index contributed by atoms with van der Waals surface area (Å²) in [5, 5.41) is 0. The van der Waals surface area contributed by atoms with Crippen LogP contribution in [-0.2, 0) is 15.6 Å². The highest BCUT2D eigenvalue weighted by Crippen LogP contribution is 2.05. The first-order chi connectivity index (χ1) is 6.54. The number of nitrogens with zero attached hydrogens (tertiary/aromatic N) is 3. The molecule has 0 spiro atoms. The highest BCUT2D eigenvalue weighted by atomic mass is 32.2. The number of imidazole rings is 1. The summed E-state index contributed by atoms with van der Waals surface area (Å²) < 4.78 is 23.7. The molecular formula is C8H9N3O2S. The van der Waals surface area contributed by atoms with Gasteiger partial charge in [0.05, 0.1) is 11.4 Å². The molecule has 0 saturated heterocycles. The minimum Gasteiger partial charge on any atom is -0.291 e. The van der Waals surface area contributed by atoms with Crippen molar-refractivity contribution < 1.29 is 8.42 Å². The zero-order valence-corrected chi connectivity index (χ0v) is 8.40. The molecule has 0 amide bonds. The van der Waals surface area contributed by atoms with Gasteiger partial charge in [0.15, 0.2) is 9.84 Å². The van der Waals surface area contributed by atoms with Crippen molar-refractivity contribution in [1.29, 1.82) is 0 Å². The lowest BCUT2D eigenvalue weighted by Gasteiger charge is -1.90. The van der Waals surface area contributed by atoms with Crippen LogP contribution in [0.1, 0.15) is 5.69 Å². The first-order valence-corrected chi connectivity index (χ1v) is 6.07. The fourth-order valence-corrected chi connectivity index (χ4v) is 1.89. The minimum absolute atomic E-state index is 0.0453. The van der Waals surface area contributed by atoms with Gasteiger partial charge in [-0.25, -0.2) is 18.4 Å². The van der Waals surface area contributed by atoms with E-state index >= 15 is 0 Å². The fourth-order valence-electron chi connectivity index (χ4n) is 1.22. The van der Waals surface area contributed by atoms with Crippen LogP contribution in [0.2, 0.25) is 0 Å². The third-order valence-corrected chi connectivity index (χ3v) is 2.52. The summed E-state index contributed by atoms with van der Waals surface area (Å²) in [6.07, 6.45) is 6.25. The molecule has 6 heteroatoms. The molecule has 0 aliphatic rings. The van der Waals surface area contributed by atoms with Crippen molar-refractivity contribution in [3.63, 3.8) is 0 Å². The van der Waals surface area contributed by atoms with E-state index in [0.717, 1.165) is 0 Å². The van der Waals surface area contributed by atoms with E-state index in [1.807, 2.05) is 0 Å². The SMILES string of the molecule is CS(=O)(=O)Cc1cn2cccnc2n1. The van der Waals surface area contributed by atoms with Crippen LogP contribution >= 0.6 is 0 Å². The van der Waals surface area contributed by atoms with Crippen LogP contribution in [0.15, 0.2) is 24.7 Å². The summed E-state index contributed by atoms with van der Waals surface area (Å²) in [6, 6.07) is 1.76. The van der Waals surface area contributed by atoms with Crippen molar-refractivity contribution in [3.8, 4) is 0 Å². The van der Waals surface area contributed by atoms with Crippen molar-refractivity contribution >= 4 is 15.6 Å². The highest BCUT2D eigenvalue weighted by Gasteiger charge is 2.08. The Balaban J connectivity index is 2.46. The molecule has 0 atom stereocenters. The molecule has 0 N–H and O–H groups in total. The lowest BCUT2D eigenvalue weighted by atomic mass is 10.6. The Morgan fingerprint density at radius 1 is 1.50 bits per heavy atom. The summed E-state index contributed by atoms with van der Waals surface area (Å²) in [4.78, 5) is 8.06. The molecule has 74 valence electrons. The Morgan fingerprint density at radius 2 is 2.29 bits per heavy atom. The fraction of sp³-hybridized carbons (Fsp3) is 0.250. The lowest BCUT2D eigenvalue weighted by molar-refractivity contribution is 0.600.